The van der Waals surface area contributed by atoms with Gasteiger partial charge in [0.15, 0.2) is 5.82 Å². The van der Waals surface area contributed by atoms with E-state index in [2.05, 4.69) is 33.0 Å². The average molecular weight is 273 g/mol. The first-order valence-electron chi connectivity index (χ1n) is 7.00. The summed E-state index contributed by atoms with van der Waals surface area (Å²) in [5, 5.41) is 15.1. The van der Waals surface area contributed by atoms with Crippen LogP contribution in [0.4, 0.5) is 5.69 Å². The van der Waals surface area contributed by atoms with Crippen LogP contribution < -0.4 is 5.32 Å². The Bertz CT molecular complexity index is 562. The molecule has 2 aromatic rings. The highest BCUT2D eigenvalue weighted by Crippen LogP contribution is 2.18. The highest BCUT2D eigenvalue weighted by molar-refractivity contribution is 5.50. The fourth-order valence-electron chi connectivity index (χ4n) is 2.43. The number of aromatic nitrogens is 4. The fourth-order valence-corrected chi connectivity index (χ4v) is 2.43. The van der Waals surface area contributed by atoms with Crippen LogP contribution in [0.3, 0.4) is 0 Å². The second-order valence-corrected chi connectivity index (χ2v) is 5.12. The zero-order valence-electron chi connectivity index (χ0n) is 11.6. The monoisotopic (exact) mass is 273 g/mol. The largest absolute Gasteiger partial charge is 0.385 e. The minimum atomic E-state index is 0.696. The van der Waals surface area contributed by atoms with Crippen molar-refractivity contribution in [3.63, 3.8) is 0 Å². The number of rotatable bonds is 4. The Morgan fingerprint density at radius 3 is 2.95 bits per heavy atom. The molecule has 1 aliphatic rings. The molecule has 0 spiro atoms. The Morgan fingerprint density at radius 2 is 2.20 bits per heavy atom. The first-order valence-corrected chi connectivity index (χ1v) is 7.00. The molecule has 3 rings (SSSR count). The number of hydrogen-bond donors (Lipinski definition) is 1. The van der Waals surface area contributed by atoms with E-state index in [1.807, 2.05) is 19.1 Å². The molecule has 0 aliphatic carbocycles. The van der Waals surface area contributed by atoms with Crippen LogP contribution in [0.5, 0.6) is 0 Å². The van der Waals surface area contributed by atoms with Gasteiger partial charge in [-0.3, -0.25) is 0 Å². The van der Waals surface area contributed by atoms with Crippen molar-refractivity contribution in [3.8, 4) is 5.69 Å². The standard InChI is InChI=1S/C14H19N5O/c1-11-16-17-18-19(11)14-4-2-3-13(9-14)15-10-12-5-7-20-8-6-12/h2-4,9,12,15H,5-8,10H2,1H3. The summed E-state index contributed by atoms with van der Waals surface area (Å²) >= 11 is 0. The molecule has 1 aliphatic heterocycles. The van der Waals surface area contributed by atoms with Crippen LogP contribution >= 0.6 is 0 Å². The Morgan fingerprint density at radius 1 is 1.35 bits per heavy atom. The van der Waals surface area contributed by atoms with E-state index in [0.717, 1.165) is 49.8 Å². The predicted molar refractivity (Wildman–Crippen MR) is 75.9 cm³/mol. The van der Waals surface area contributed by atoms with Gasteiger partial charge in [-0.05, 0) is 54.3 Å². The summed E-state index contributed by atoms with van der Waals surface area (Å²) in [5.41, 5.74) is 2.08. The van der Waals surface area contributed by atoms with Crippen molar-refractivity contribution in [3.05, 3.63) is 30.1 Å². The van der Waals surface area contributed by atoms with Gasteiger partial charge in [0.1, 0.15) is 0 Å². The zero-order valence-corrected chi connectivity index (χ0v) is 11.6. The first kappa shape index (κ1) is 13.1. The number of tetrazole rings is 1. The molecule has 0 amide bonds. The van der Waals surface area contributed by atoms with Gasteiger partial charge in [-0.2, -0.15) is 4.68 Å². The summed E-state index contributed by atoms with van der Waals surface area (Å²) in [6, 6.07) is 8.16. The van der Waals surface area contributed by atoms with Crippen molar-refractivity contribution < 1.29 is 4.74 Å². The van der Waals surface area contributed by atoms with Crippen LogP contribution in [0.1, 0.15) is 18.7 Å². The van der Waals surface area contributed by atoms with E-state index in [4.69, 9.17) is 4.74 Å². The number of nitrogens with zero attached hydrogens (tertiary/aromatic N) is 4. The SMILES string of the molecule is Cc1nnnn1-c1cccc(NCC2CCOCC2)c1. The van der Waals surface area contributed by atoms with Crippen molar-refractivity contribution in [2.24, 2.45) is 5.92 Å². The van der Waals surface area contributed by atoms with E-state index in [9.17, 15) is 0 Å². The number of ether oxygens (including phenoxy) is 1. The van der Waals surface area contributed by atoms with Gasteiger partial charge < -0.3 is 10.1 Å². The third kappa shape index (κ3) is 2.96. The lowest BCUT2D eigenvalue weighted by Gasteiger charge is -2.22. The van der Waals surface area contributed by atoms with Crippen LogP contribution in [0, 0.1) is 12.8 Å². The van der Waals surface area contributed by atoms with Gasteiger partial charge >= 0.3 is 0 Å². The van der Waals surface area contributed by atoms with E-state index in [0.29, 0.717) is 5.92 Å². The van der Waals surface area contributed by atoms with Crippen LogP contribution in [0.2, 0.25) is 0 Å². The Balaban J connectivity index is 1.67. The van der Waals surface area contributed by atoms with Crippen molar-refractivity contribution in [1.82, 2.24) is 20.2 Å². The molecule has 106 valence electrons. The maximum atomic E-state index is 5.38. The quantitative estimate of drug-likeness (QED) is 0.920. The Kier molecular flexibility index (Phi) is 3.92. The number of anilines is 1. The molecule has 1 fully saturated rings. The normalized spacial score (nSPS) is 16.2. The van der Waals surface area contributed by atoms with E-state index in [-0.39, 0.29) is 0 Å². The lowest BCUT2D eigenvalue weighted by Crippen LogP contribution is -2.22. The van der Waals surface area contributed by atoms with Gasteiger partial charge in [0.2, 0.25) is 0 Å². The third-order valence-corrected chi connectivity index (χ3v) is 3.65. The zero-order chi connectivity index (χ0) is 13.8. The molecule has 2 heterocycles. The minimum Gasteiger partial charge on any atom is -0.385 e. The molecule has 6 heteroatoms. The highest BCUT2D eigenvalue weighted by Gasteiger charge is 2.13. The summed E-state index contributed by atoms with van der Waals surface area (Å²) in [7, 11) is 0. The second kappa shape index (κ2) is 6.00. The summed E-state index contributed by atoms with van der Waals surface area (Å²) in [4.78, 5) is 0. The van der Waals surface area contributed by atoms with Crippen molar-refractivity contribution >= 4 is 5.69 Å². The maximum Gasteiger partial charge on any atom is 0.153 e. The van der Waals surface area contributed by atoms with Crippen LogP contribution in [0.25, 0.3) is 5.69 Å². The molecule has 1 saturated heterocycles. The van der Waals surface area contributed by atoms with Crippen LogP contribution in [-0.2, 0) is 4.74 Å². The molecule has 1 aromatic heterocycles. The molecular weight excluding hydrogens is 254 g/mol. The Hall–Kier alpha value is -1.95. The number of benzene rings is 1. The van der Waals surface area contributed by atoms with E-state index in [1.165, 1.54) is 0 Å². The van der Waals surface area contributed by atoms with Gasteiger partial charge in [-0.1, -0.05) is 6.07 Å². The Labute approximate surface area is 118 Å². The molecule has 0 radical (unpaired) electrons. The summed E-state index contributed by atoms with van der Waals surface area (Å²) in [5.74, 6) is 1.48. The van der Waals surface area contributed by atoms with E-state index < -0.39 is 0 Å². The number of hydrogen-bond acceptors (Lipinski definition) is 5. The van der Waals surface area contributed by atoms with Crippen LogP contribution in [0.15, 0.2) is 24.3 Å². The summed E-state index contributed by atoms with van der Waals surface area (Å²) in [6.45, 7) is 4.65. The van der Waals surface area contributed by atoms with Gasteiger partial charge in [-0.25, -0.2) is 0 Å². The summed E-state index contributed by atoms with van der Waals surface area (Å²) < 4.78 is 7.12. The molecular formula is C14H19N5O. The maximum absolute atomic E-state index is 5.38. The number of nitrogens with one attached hydrogen (secondary N) is 1. The highest BCUT2D eigenvalue weighted by atomic mass is 16.5. The molecule has 1 aromatic carbocycles. The first-order chi connectivity index (χ1) is 9.83. The van der Waals surface area contributed by atoms with Gasteiger partial charge in [0, 0.05) is 25.4 Å². The molecule has 0 unspecified atom stereocenters. The van der Waals surface area contributed by atoms with Crippen molar-refractivity contribution in [2.45, 2.75) is 19.8 Å². The average Bonchev–Trinajstić information content (AvgIpc) is 2.93. The summed E-state index contributed by atoms with van der Waals surface area (Å²) in [6.07, 6.45) is 2.28. The van der Waals surface area contributed by atoms with Gasteiger partial charge in [-0.15, -0.1) is 5.10 Å². The smallest absolute Gasteiger partial charge is 0.153 e. The predicted octanol–water partition coefficient (Wildman–Crippen LogP) is 1.81. The molecule has 6 nitrogen and oxygen atoms in total. The number of aryl methyl sites for hydroxylation is 1. The lowest BCUT2D eigenvalue weighted by atomic mass is 10.0. The lowest BCUT2D eigenvalue weighted by molar-refractivity contribution is 0.0699. The molecule has 0 saturated carbocycles. The van der Waals surface area contributed by atoms with Crippen molar-refractivity contribution in [1.29, 1.82) is 0 Å². The topological polar surface area (TPSA) is 64.9 Å². The molecule has 20 heavy (non-hydrogen) atoms. The molecule has 1 N–H and O–H groups in total. The van der Waals surface area contributed by atoms with Crippen LogP contribution in [-0.4, -0.2) is 40.0 Å². The second-order valence-electron chi connectivity index (χ2n) is 5.12. The third-order valence-electron chi connectivity index (χ3n) is 3.65. The van der Waals surface area contributed by atoms with Gasteiger partial charge in [0.05, 0.1) is 5.69 Å². The molecule has 0 bridgehead atoms. The van der Waals surface area contributed by atoms with Gasteiger partial charge in [0.25, 0.3) is 0 Å². The van der Waals surface area contributed by atoms with E-state index in [1.54, 1.807) is 4.68 Å². The van der Waals surface area contributed by atoms with Crippen molar-refractivity contribution in [2.75, 3.05) is 25.1 Å². The molecule has 0 atom stereocenters. The minimum absolute atomic E-state index is 0.696. The fraction of sp³-hybridized carbons (Fsp3) is 0.500. The van der Waals surface area contributed by atoms with E-state index >= 15 is 0 Å².